The highest BCUT2D eigenvalue weighted by molar-refractivity contribution is 7.90. The van der Waals surface area contributed by atoms with Crippen molar-refractivity contribution in [3.8, 4) is 17.3 Å². The summed E-state index contributed by atoms with van der Waals surface area (Å²) < 4.78 is 52.5. The smallest absolute Gasteiger partial charge is 0.259 e. The maximum absolute atomic E-state index is 14.7. The van der Waals surface area contributed by atoms with E-state index in [-0.39, 0.29) is 24.1 Å². The van der Waals surface area contributed by atoms with E-state index in [9.17, 15) is 13.3 Å². The lowest BCUT2D eigenvalue weighted by atomic mass is 9.97. The van der Waals surface area contributed by atoms with Crippen molar-refractivity contribution in [1.82, 2.24) is 29.5 Å². The summed E-state index contributed by atoms with van der Waals surface area (Å²) in [6, 6.07) is 5.81. The predicted octanol–water partition coefficient (Wildman–Crippen LogP) is 2.44. The van der Waals surface area contributed by atoms with Gasteiger partial charge in [-0.1, -0.05) is 11.2 Å². The molecule has 2 fully saturated rings. The Kier molecular flexibility index (Phi) is 8.31. The van der Waals surface area contributed by atoms with Crippen LogP contribution in [0.2, 0.25) is 0 Å². The first-order valence-corrected chi connectivity index (χ1v) is 15.6. The number of nitrogens with two attached hydrogens (primary N) is 1. The average molecular weight is 602 g/mol. The van der Waals surface area contributed by atoms with Gasteiger partial charge in [0.25, 0.3) is 5.78 Å². The van der Waals surface area contributed by atoms with Crippen molar-refractivity contribution in [1.29, 1.82) is 0 Å². The number of nitrogens with zero attached hydrogens (tertiary/aromatic N) is 8. The molecule has 0 radical (unpaired) electrons. The minimum Gasteiger partial charge on any atom is -0.616 e. The standard InChI is InChI=1S/C27H33F2N9O3S/c1-42(39)13-12-41-23-15-21(19(28)14-20(23)29)36-9-7-35(8-10-36)16-18-4-2-6-37(17-18)26-32-25(30)38-27(33-26)31-24(34-38)22-5-3-11-40-22/h3,5,11,14-15,18H,2,4,6-10,12-13,16-17H2,1H3,(H2,30,31,32,33,34). The third-order valence-electron chi connectivity index (χ3n) is 7.62. The highest BCUT2D eigenvalue weighted by Gasteiger charge is 2.28. The van der Waals surface area contributed by atoms with Crippen LogP contribution < -0.4 is 20.3 Å². The molecule has 15 heteroatoms. The van der Waals surface area contributed by atoms with Gasteiger partial charge >= 0.3 is 0 Å². The number of halogens is 2. The second kappa shape index (κ2) is 12.3. The SMILES string of the molecule is C[S+]([O-])CCOc1cc(N2CCN(CC3CCCN(c4nc(N)n5nc(-c6ccco6)nc5n4)C3)CC2)c(F)cc1F. The molecule has 2 atom stereocenters. The summed E-state index contributed by atoms with van der Waals surface area (Å²) in [6.07, 6.45) is 5.19. The van der Waals surface area contributed by atoms with Gasteiger partial charge < -0.3 is 29.2 Å². The van der Waals surface area contributed by atoms with Crippen LogP contribution in [0.1, 0.15) is 12.8 Å². The molecule has 5 heterocycles. The van der Waals surface area contributed by atoms with Gasteiger partial charge in [-0.15, -0.1) is 5.10 Å². The molecule has 0 spiro atoms. The van der Waals surface area contributed by atoms with Gasteiger partial charge in [0.05, 0.1) is 18.2 Å². The first-order valence-electron chi connectivity index (χ1n) is 13.9. The number of rotatable bonds is 9. The van der Waals surface area contributed by atoms with Gasteiger partial charge in [-0.25, -0.2) is 8.78 Å². The minimum absolute atomic E-state index is 0.0223. The maximum atomic E-state index is 14.7. The highest BCUT2D eigenvalue weighted by atomic mass is 32.2. The molecule has 4 aromatic rings. The molecule has 0 bridgehead atoms. The maximum Gasteiger partial charge on any atom is 0.259 e. The molecule has 224 valence electrons. The van der Waals surface area contributed by atoms with Crippen molar-refractivity contribution in [2.24, 2.45) is 5.92 Å². The topological polar surface area (TPSA) is 137 Å². The molecular weight excluding hydrogens is 568 g/mol. The summed E-state index contributed by atoms with van der Waals surface area (Å²) in [7, 11) is 0. The van der Waals surface area contributed by atoms with E-state index in [0.29, 0.717) is 48.0 Å². The Labute approximate surface area is 244 Å². The molecule has 2 N–H and O–H groups in total. The van der Waals surface area contributed by atoms with Gasteiger partial charge in [0, 0.05) is 57.9 Å². The number of anilines is 3. The molecule has 2 saturated heterocycles. The number of hydrogen-bond donors (Lipinski definition) is 1. The molecule has 0 aliphatic carbocycles. The second-order valence-corrected chi connectivity index (χ2v) is 12.2. The van der Waals surface area contributed by atoms with Gasteiger partial charge in [-0.3, -0.25) is 4.90 Å². The predicted molar refractivity (Wildman–Crippen MR) is 155 cm³/mol. The molecule has 1 aromatic carbocycles. The molecule has 0 saturated carbocycles. The van der Waals surface area contributed by atoms with E-state index in [1.807, 2.05) is 4.90 Å². The Morgan fingerprint density at radius 2 is 1.93 bits per heavy atom. The van der Waals surface area contributed by atoms with Crippen LogP contribution in [0.15, 0.2) is 34.9 Å². The Balaban J connectivity index is 1.06. The van der Waals surface area contributed by atoms with E-state index in [1.165, 1.54) is 10.6 Å². The van der Waals surface area contributed by atoms with Crippen LogP contribution in [0.3, 0.4) is 0 Å². The quantitative estimate of drug-likeness (QED) is 0.283. The molecule has 2 unspecified atom stereocenters. The highest BCUT2D eigenvalue weighted by Crippen LogP contribution is 2.30. The van der Waals surface area contributed by atoms with Crippen LogP contribution in [0, 0.1) is 17.6 Å². The molecule has 6 rings (SSSR count). The zero-order valence-electron chi connectivity index (χ0n) is 23.3. The molecule has 42 heavy (non-hydrogen) atoms. The van der Waals surface area contributed by atoms with E-state index in [0.717, 1.165) is 51.6 Å². The number of piperazine rings is 1. The number of furan rings is 1. The first-order chi connectivity index (χ1) is 20.3. The molecule has 12 nitrogen and oxygen atoms in total. The van der Waals surface area contributed by atoms with E-state index in [4.69, 9.17) is 14.9 Å². The lowest BCUT2D eigenvalue weighted by molar-refractivity contribution is 0.205. The van der Waals surface area contributed by atoms with Crippen LogP contribution in [0.4, 0.5) is 26.4 Å². The van der Waals surface area contributed by atoms with Crippen LogP contribution >= 0.6 is 0 Å². The summed E-state index contributed by atoms with van der Waals surface area (Å²) >= 11 is -1.05. The fourth-order valence-corrected chi connectivity index (χ4v) is 5.84. The van der Waals surface area contributed by atoms with Crippen molar-refractivity contribution in [3.63, 3.8) is 0 Å². The van der Waals surface area contributed by atoms with Crippen molar-refractivity contribution in [2.75, 3.05) is 80.0 Å². The number of hydrogen-bond acceptors (Lipinski definition) is 11. The Morgan fingerprint density at radius 3 is 2.69 bits per heavy atom. The van der Waals surface area contributed by atoms with Crippen LogP contribution in [-0.4, -0.2) is 98.4 Å². The molecule has 2 aliphatic heterocycles. The number of ether oxygens (including phenoxy) is 1. The van der Waals surface area contributed by atoms with Gasteiger partial charge in [-0.05, 0) is 30.9 Å². The number of aromatic nitrogens is 5. The summed E-state index contributed by atoms with van der Waals surface area (Å²) in [4.78, 5) is 20.1. The fraction of sp³-hybridized carbons (Fsp3) is 0.481. The number of benzene rings is 1. The van der Waals surface area contributed by atoms with Crippen LogP contribution in [-0.2, 0) is 11.2 Å². The number of fused-ring (bicyclic) bond motifs is 1. The lowest BCUT2D eigenvalue weighted by Crippen LogP contribution is -2.50. The van der Waals surface area contributed by atoms with E-state index in [2.05, 4.69) is 29.9 Å². The minimum atomic E-state index is -1.05. The Bertz CT molecular complexity index is 1510. The number of nitrogen functional groups attached to an aromatic ring is 1. The normalized spacial score (nSPS) is 19.0. The van der Waals surface area contributed by atoms with Gasteiger partial charge in [-0.2, -0.15) is 19.5 Å². The summed E-state index contributed by atoms with van der Waals surface area (Å²) in [5.41, 5.74) is 6.53. The van der Waals surface area contributed by atoms with Gasteiger partial charge in [0.2, 0.25) is 17.7 Å². The Hall–Kier alpha value is -3.69. The van der Waals surface area contributed by atoms with E-state index < -0.39 is 22.8 Å². The summed E-state index contributed by atoms with van der Waals surface area (Å²) in [5.74, 6) is 1.31. The first kappa shape index (κ1) is 28.4. The van der Waals surface area contributed by atoms with Crippen molar-refractivity contribution in [3.05, 3.63) is 42.2 Å². The van der Waals surface area contributed by atoms with Crippen molar-refractivity contribution < 1.29 is 22.5 Å². The van der Waals surface area contributed by atoms with Crippen LogP contribution in [0.25, 0.3) is 17.4 Å². The summed E-state index contributed by atoms with van der Waals surface area (Å²) in [6.45, 7) is 5.33. The molecular formula is C27H33F2N9O3S. The monoisotopic (exact) mass is 601 g/mol. The van der Waals surface area contributed by atoms with Gasteiger partial charge in [0.1, 0.15) is 18.2 Å². The molecule has 0 amide bonds. The van der Waals surface area contributed by atoms with Crippen molar-refractivity contribution >= 4 is 34.5 Å². The van der Waals surface area contributed by atoms with Gasteiger partial charge in [0.15, 0.2) is 17.3 Å². The zero-order chi connectivity index (χ0) is 29.2. The number of piperidine rings is 1. The second-order valence-electron chi connectivity index (χ2n) is 10.6. The van der Waals surface area contributed by atoms with E-state index in [1.54, 1.807) is 24.7 Å². The average Bonchev–Trinajstić information content (AvgIpc) is 3.66. The molecule has 3 aromatic heterocycles. The lowest BCUT2D eigenvalue weighted by Gasteiger charge is -2.40. The van der Waals surface area contributed by atoms with Crippen LogP contribution in [0.5, 0.6) is 5.75 Å². The third-order valence-corrected chi connectivity index (χ3v) is 8.37. The largest absolute Gasteiger partial charge is 0.616 e. The summed E-state index contributed by atoms with van der Waals surface area (Å²) in [5, 5.41) is 4.37. The van der Waals surface area contributed by atoms with E-state index >= 15 is 0 Å². The zero-order valence-corrected chi connectivity index (χ0v) is 24.1. The molecule has 2 aliphatic rings. The third kappa shape index (κ3) is 6.22. The Morgan fingerprint density at radius 1 is 1.10 bits per heavy atom. The van der Waals surface area contributed by atoms with Crippen molar-refractivity contribution in [2.45, 2.75) is 12.8 Å². The fourth-order valence-electron chi connectivity index (χ4n) is 5.52.